The number of hydrogen-bond donors (Lipinski definition) is 1. The van der Waals surface area contributed by atoms with Crippen molar-refractivity contribution in [1.29, 1.82) is 0 Å². The Kier molecular flexibility index (Phi) is 4.17. The van der Waals surface area contributed by atoms with Crippen molar-refractivity contribution in [3.63, 3.8) is 0 Å². The first-order chi connectivity index (χ1) is 8.59. The third kappa shape index (κ3) is 3.19. The van der Waals surface area contributed by atoms with Crippen LogP contribution in [0.3, 0.4) is 0 Å². The Morgan fingerprint density at radius 1 is 1.56 bits per heavy atom. The van der Waals surface area contributed by atoms with Gasteiger partial charge in [0.25, 0.3) is 0 Å². The van der Waals surface area contributed by atoms with E-state index in [9.17, 15) is 0 Å². The molecule has 1 aliphatic carbocycles. The predicted octanol–water partition coefficient (Wildman–Crippen LogP) is 2.73. The number of aromatic nitrogens is 1. The molecular weight excluding hydrogens is 242 g/mol. The molecule has 0 amide bonds. The van der Waals surface area contributed by atoms with Crippen LogP contribution in [-0.4, -0.2) is 22.6 Å². The van der Waals surface area contributed by atoms with Gasteiger partial charge in [-0.05, 0) is 37.3 Å². The Labute approximate surface area is 114 Å². The molecule has 0 unspecified atom stereocenters. The zero-order valence-electron chi connectivity index (χ0n) is 11.1. The smallest absolute Gasteiger partial charge is 0.139 e. The molecular formula is C14H21N3S. The number of hydrogen-bond acceptors (Lipinski definition) is 3. The van der Waals surface area contributed by atoms with Gasteiger partial charge in [-0.15, -0.1) is 0 Å². The lowest BCUT2D eigenvalue weighted by Gasteiger charge is -2.26. The number of thiocarbonyl (C=S) groups is 1. The van der Waals surface area contributed by atoms with Gasteiger partial charge < -0.3 is 10.6 Å². The maximum absolute atomic E-state index is 5.79. The van der Waals surface area contributed by atoms with Gasteiger partial charge in [-0.25, -0.2) is 4.98 Å². The van der Waals surface area contributed by atoms with Gasteiger partial charge in [-0.2, -0.15) is 0 Å². The van der Waals surface area contributed by atoms with Crippen molar-refractivity contribution in [2.24, 2.45) is 11.7 Å². The predicted molar refractivity (Wildman–Crippen MR) is 79.9 cm³/mol. The first-order valence-corrected chi connectivity index (χ1v) is 7.02. The number of rotatable bonds is 6. The summed E-state index contributed by atoms with van der Waals surface area (Å²) < 4.78 is 0. The average Bonchev–Trinajstić information content (AvgIpc) is 3.14. The Bertz CT molecular complexity index is 427. The molecule has 0 spiro atoms. The Morgan fingerprint density at radius 2 is 2.28 bits per heavy atom. The summed E-state index contributed by atoms with van der Waals surface area (Å²) in [5, 5.41) is 0. The zero-order chi connectivity index (χ0) is 13.1. The van der Waals surface area contributed by atoms with Crippen LogP contribution >= 0.6 is 12.2 Å². The van der Waals surface area contributed by atoms with Crippen molar-refractivity contribution in [2.45, 2.75) is 39.2 Å². The van der Waals surface area contributed by atoms with Gasteiger partial charge in [0.1, 0.15) is 10.8 Å². The highest BCUT2D eigenvalue weighted by Crippen LogP contribution is 2.32. The maximum Gasteiger partial charge on any atom is 0.139 e. The quantitative estimate of drug-likeness (QED) is 0.801. The van der Waals surface area contributed by atoms with Crippen molar-refractivity contribution < 1.29 is 0 Å². The molecule has 0 aromatic carbocycles. The normalized spacial score (nSPS) is 14.8. The van der Waals surface area contributed by atoms with Crippen molar-refractivity contribution in [1.82, 2.24) is 4.98 Å². The molecule has 1 heterocycles. The lowest BCUT2D eigenvalue weighted by atomic mass is 10.1. The van der Waals surface area contributed by atoms with E-state index in [1.54, 1.807) is 0 Å². The van der Waals surface area contributed by atoms with Gasteiger partial charge in [-0.3, -0.25) is 0 Å². The van der Waals surface area contributed by atoms with Gasteiger partial charge in [0, 0.05) is 18.8 Å². The van der Waals surface area contributed by atoms with E-state index < -0.39 is 0 Å². The summed E-state index contributed by atoms with van der Waals surface area (Å²) >= 11 is 5.12. The van der Waals surface area contributed by atoms with Crippen LogP contribution in [0.1, 0.15) is 38.7 Å². The van der Waals surface area contributed by atoms with Crippen LogP contribution < -0.4 is 10.6 Å². The van der Waals surface area contributed by atoms with Gasteiger partial charge in [-0.1, -0.05) is 26.1 Å². The fourth-order valence-corrected chi connectivity index (χ4v) is 2.22. The second kappa shape index (κ2) is 5.65. The summed E-state index contributed by atoms with van der Waals surface area (Å²) in [5.74, 6) is 1.66. The molecule has 0 atom stereocenters. The van der Waals surface area contributed by atoms with Gasteiger partial charge in [0.05, 0.1) is 5.56 Å². The maximum atomic E-state index is 5.79. The summed E-state index contributed by atoms with van der Waals surface area (Å²) in [5.41, 5.74) is 6.70. The number of pyridine rings is 1. The van der Waals surface area contributed by atoms with Crippen molar-refractivity contribution in [3.05, 3.63) is 23.9 Å². The van der Waals surface area contributed by atoms with Crippen LogP contribution in [0.15, 0.2) is 18.3 Å². The van der Waals surface area contributed by atoms with Crippen LogP contribution in [0.2, 0.25) is 0 Å². The minimum Gasteiger partial charge on any atom is -0.389 e. The molecule has 1 aromatic rings. The molecule has 1 saturated carbocycles. The molecule has 0 aliphatic heterocycles. The second-order valence-electron chi connectivity index (χ2n) is 5.35. The third-order valence-electron chi connectivity index (χ3n) is 3.26. The minimum absolute atomic E-state index is 0.438. The molecule has 0 bridgehead atoms. The number of nitrogens with two attached hydrogens (primary N) is 1. The zero-order valence-corrected chi connectivity index (χ0v) is 11.9. The SMILES string of the molecule is CC(C)CCN(c1ncccc1C(N)=S)C1CC1. The summed E-state index contributed by atoms with van der Waals surface area (Å²) in [7, 11) is 0. The summed E-state index contributed by atoms with van der Waals surface area (Å²) in [6.07, 6.45) is 5.50. The number of nitrogens with zero attached hydrogens (tertiary/aromatic N) is 2. The molecule has 1 aromatic heterocycles. The van der Waals surface area contributed by atoms with Crippen molar-refractivity contribution >= 4 is 23.0 Å². The molecule has 98 valence electrons. The highest BCUT2D eigenvalue weighted by Gasteiger charge is 2.31. The molecule has 0 saturated heterocycles. The Balaban J connectivity index is 2.22. The number of anilines is 1. The molecule has 0 radical (unpaired) electrons. The van der Waals surface area contributed by atoms with Gasteiger partial charge in [0.15, 0.2) is 0 Å². The molecule has 2 rings (SSSR count). The Hall–Kier alpha value is -1.16. The van der Waals surface area contributed by atoms with E-state index in [0.29, 0.717) is 16.9 Å². The first-order valence-electron chi connectivity index (χ1n) is 6.61. The first kappa shape index (κ1) is 13.3. The van der Waals surface area contributed by atoms with Crippen LogP contribution in [0.4, 0.5) is 5.82 Å². The highest BCUT2D eigenvalue weighted by atomic mass is 32.1. The fraction of sp³-hybridized carbons (Fsp3) is 0.571. The van der Waals surface area contributed by atoms with Crippen LogP contribution in [-0.2, 0) is 0 Å². The van der Waals surface area contributed by atoms with Gasteiger partial charge in [0.2, 0.25) is 0 Å². The molecule has 1 fully saturated rings. The molecule has 3 nitrogen and oxygen atoms in total. The van der Waals surface area contributed by atoms with E-state index in [0.717, 1.165) is 17.9 Å². The lowest BCUT2D eigenvalue weighted by molar-refractivity contribution is 0.568. The molecule has 1 aliphatic rings. The van der Waals surface area contributed by atoms with Crippen molar-refractivity contribution in [3.8, 4) is 0 Å². The van der Waals surface area contributed by atoms with Crippen molar-refractivity contribution in [2.75, 3.05) is 11.4 Å². The average molecular weight is 263 g/mol. The second-order valence-corrected chi connectivity index (χ2v) is 5.79. The van der Waals surface area contributed by atoms with E-state index in [-0.39, 0.29) is 0 Å². The fourth-order valence-electron chi connectivity index (χ4n) is 2.06. The van der Waals surface area contributed by atoms with Gasteiger partial charge >= 0.3 is 0 Å². The largest absolute Gasteiger partial charge is 0.389 e. The van der Waals surface area contributed by atoms with E-state index in [2.05, 4.69) is 23.7 Å². The van der Waals surface area contributed by atoms with E-state index >= 15 is 0 Å². The van der Waals surface area contributed by atoms with E-state index in [1.165, 1.54) is 19.3 Å². The van der Waals surface area contributed by atoms with E-state index in [1.807, 2.05) is 18.3 Å². The molecule has 18 heavy (non-hydrogen) atoms. The summed E-state index contributed by atoms with van der Waals surface area (Å²) in [4.78, 5) is 7.32. The monoisotopic (exact) mass is 263 g/mol. The highest BCUT2D eigenvalue weighted by molar-refractivity contribution is 7.80. The van der Waals surface area contributed by atoms with Crippen LogP contribution in [0.5, 0.6) is 0 Å². The molecule has 2 N–H and O–H groups in total. The summed E-state index contributed by atoms with van der Waals surface area (Å²) in [6.45, 7) is 5.53. The standard InChI is InChI=1S/C14H21N3S/c1-10(2)7-9-17(11-5-6-11)14-12(13(15)18)4-3-8-16-14/h3-4,8,10-11H,5-7,9H2,1-2H3,(H2,15,18). The van der Waals surface area contributed by atoms with Crippen LogP contribution in [0.25, 0.3) is 0 Å². The summed E-state index contributed by atoms with van der Waals surface area (Å²) in [6, 6.07) is 4.49. The van der Waals surface area contributed by atoms with E-state index in [4.69, 9.17) is 18.0 Å². The lowest BCUT2D eigenvalue weighted by Crippen LogP contribution is -2.31. The van der Waals surface area contributed by atoms with Crippen LogP contribution in [0, 0.1) is 5.92 Å². The Morgan fingerprint density at radius 3 is 2.83 bits per heavy atom. The third-order valence-corrected chi connectivity index (χ3v) is 3.48. The molecule has 4 heteroatoms. The minimum atomic E-state index is 0.438. The topological polar surface area (TPSA) is 42.2 Å².